The van der Waals surface area contributed by atoms with Crippen LogP contribution in [0.5, 0.6) is 0 Å². The summed E-state index contributed by atoms with van der Waals surface area (Å²) in [4.78, 5) is 0. The van der Waals surface area contributed by atoms with E-state index in [-0.39, 0.29) is 11.9 Å². The first-order valence-corrected chi connectivity index (χ1v) is 11.1. The lowest BCUT2D eigenvalue weighted by Gasteiger charge is -2.29. The van der Waals surface area contributed by atoms with Crippen molar-refractivity contribution in [1.82, 2.24) is 0 Å². The van der Waals surface area contributed by atoms with Crippen LogP contribution in [-0.4, -0.2) is 19.5 Å². The van der Waals surface area contributed by atoms with E-state index in [1.54, 1.807) is 0 Å². The van der Waals surface area contributed by atoms with Gasteiger partial charge in [0.2, 0.25) is 0 Å². The Morgan fingerprint density at radius 3 is 1.94 bits per heavy atom. The normalized spacial score (nSPS) is 18.6. The topological polar surface area (TPSA) is 18.5 Å². The van der Waals surface area contributed by atoms with Crippen molar-refractivity contribution in [3.05, 3.63) is 83.7 Å². The summed E-state index contributed by atoms with van der Waals surface area (Å²) in [6.45, 7) is 3.67. The predicted molar refractivity (Wildman–Crippen MR) is 120 cm³/mol. The van der Waals surface area contributed by atoms with E-state index in [0.717, 1.165) is 50.0 Å². The van der Waals surface area contributed by atoms with Gasteiger partial charge in [0.05, 0.1) is 18.8 Å². The van der Waals surface area contributed by atoms with Gasteiger partial charge in [-0.3, -0.25) is 0 Å². The van der Waals surface area contributed by atoms with Crippen molar-refractivity contribution in [2.24, 2.45) is 5.92 Å². The van der Waals surface area contributed by atoms with Crippen LogP contribution in [0.25, 0.3) is 22.3 Å². The van der Waals surface area contributed by atoms with Crippen LogP contribution in [0.15, 0.2) is 60.7 Å². The molecule has 5 heteroatoms. The fraction of sp³-hybridized carbons (Fsp3) is 0.333. The lowest BCUT2D eigenvalue weighted by Crippen LogP contribution is -2.32. The van der Waals surface area contributed by atoms with Gasteiger partial charge >= 0.3 is 0 Å². The molecule has 0 saturated carbocycles. The largest absolute Gasteiger partial charge is 0.352 e. The second-order valence-electron chi connectivity index (χ2n) is 8.31. The van der Waals surface area contributed by atoms with Crippen LogP contribution in [0.3, 0.4) is 0 Å². The van der Waals surface area contributed by atoms with E-state index in [2.05, 4.69) is 6.92 Å². The zero-order chi connectivity index (χ0) is 22.5. The molecule has 1 saturated heterocycles. The van der Waals surface area contributed by atoms with Crippen LogP contribution in [0.4, 0.5) is 13.2 Å². The maximum atomic E-state index is 14.7. The molecule has 0 radical (unpaired) electrons. The summed E-state index contributed by atoms with van der Waals surface area (Å²) in [7, 11) is 0. The highest BCUT2D eigenvalue weighted by Crippen LogP contribution is 2.31. The van der Waals surface area contributed by atoms with E-state index in [1.807, 2.05) is 24.3 Å². The molecular formula is C27H27F3O2. The molecule has 1 fully saturated rings. The molecule has 0 N–H and O–H groups in total. The molecule has 0 aliphatic carbocycles. The van der Waals surface area contributed by atoms with Crippen LogP contribution in [0.1, 0.15) is 31.7 Å². The number of hydrogen-bond acceptors (Lipinski definition) is 2. The number of ether oxygens (including phenoxy) is 2. The van der Waals surface area contributed by atoms with E-state index < -0.39 is 17.5 Å². The zero-order valence-corrected chi connectivity index (χ0v) is 18.1. The van der Waals surface area contributed by atoms with Crippen molar-refractivity contribution in [2.75, 3.05) is 13.2 Å². The average molecular weight is 441 g/mol. The molecule has 3 aromatic rings. The molecule has 0 unspecified atom stereocenters. The molecule has 32 heavy (non-hydrogen) atoms. The Morgan fingerprint density at radius 1 is 0.750 bits per heavy atom. The fourth-order valence-corrected chi connectivity index (χ4v) is 4.11. The summed E-state index contributed by atoms with van der Waals surface area (Å²) in [5.74, 6) is -1.31. The Bertz CT molecular complexity index is 1000. The van der Waals surface area contributed by atoms with Gasteiger partial charge in [0, 0.05) is 12.3 Å². The SMILES string of the molecule is CCCC1COC(CCc2ccc(-c3cc(F)c(-c4ccc(F)cc4)c(F)c3)cc2)OC1. The Hall–Kier alpha value is -2.63. The molecule has 3 aromatic carbocycles. The zero-order valence-electron chi connectivity index (χ0n) is 18.1. The molecule has 0 bridgehead atoms. The van der Waals surface area contributed by atoms with Gasteiger partial charge in [0.1, 0.15) is 17.5 Å². The van der Waals surface area contributed by atoms with Gasteiger partial charge in [-0.25, -0.2) is 13.2 Å². The lowest BCUT2D eigenvalue weighted by molar-refractivity contribution is -0.203. The van der Waals surface area contributed by atoms with Crippen LogP contribution >= 0.6 is 0 Å². The highest BCUT2D eigenvalue weighted by molar-refractivity contribution is 5.71. The van der Waals surface area contributed by atoms with Crippen molar-refractivity contribution < 1.29 is 22.6 Å². The predicted octanol–water partition coefficient (Wildman–Crippen LogP) is 7.16. The van der Waals surface area contributed by atoms with Crippen LogP contribution < -0.4 is 0 Å². The monoisotopic (exact) mass is 440 g/mol. The van der Waals surface area contributed by atoms with Crippen molar-refractivity contribution >= 4 is 0 Å². The first-order chi connectivity index (χ1) is 15.5. The molecule has 1 heterocycles. The molecule has 1 aliphatic heterocycles. The molecule has 0 aromatic heterocycles. The molecule has 1 aliphatic rings. The number of hydrogen-bond donors (Lipinski definition) is 0. The van der Waals surface area contributed by atoms with Crippen molar-refractivity contribution in [1.29, 1.82) is 0 Å². The first-order valence-electron chi connectivity index (χ1n) is 11.1. The van der Waals surface area contributed by atoms with Crippen molar-refractivity contribution in [3.63, 3.8) is 0 Å². The summed E-state index contributed by atoms with van der Waals surface area (Å²) in [6.07, 6.45) is 3.66. The molecular weight excluding hydrogens is 413 g/mol. The smallest absolute Gasteiger partial charge is 0.157 e. The van der Waals surface area contributed by atoms with Gasteiger partial charge in [-0.1, -0.05) is 49.7 Å². The van der Waals surface area contributed by atoms with Gasteiger partial charge in [-0.2, -0.15) is 0 Å². The minimum Gasteiger partial charge on any atom is -0.352 e. The lowest BCUT2D eigenvalue weighted by atomic mass is 9.97. The number of aryl methyl sites for hydroxylation is 1. The Labute approximate surface area is 187 Å². The molecule has 0 atom stereocenters. The van der Waals surface area contributed by atoms with E-state index in [1.165, 1.54) is 36.4 Å². The molecule has 168 valence electrons. The van der Waals surface area contributed by atoms with Gasteiger partial charge in [-0.05, 0) is 59.4 Å². The third-order valence-electron chi connectivity index (χ3n) is 5.86. The number of halogens is 3. The van der Waals surface area contributed by atoms with Gasteiger partial charge < -0.3 is 9.47 Å². The number of rotatable bonds is 7. The van der Waals surface area contributed by atoms with E-state index >= 15 is 0 Å². The summed E-state index contributed by atoms with van der Waals surface area (Å²) >= 11 is 0. The minimum atomic E-state index is -0.677. The quantitative estimate of drug-likeness (QED) is 0.388. The third-order valence-corrected chi connectivity index (χ3v) is 5.86. The maximum Gasteiger partial charge on any atom is 0.157 e. The fourth-order valence-electron chi connectivity index (χ4n) is 4.11. The van der Waals surface area contributed by atoms with E-state index in [0.29, 0.717) is 17.0 Å². The third kappa shape index (κ3) is 5.40. The molecule has 0 amide bonds. The summed E-state index contributed by atoms with van der Waals surface area (Å²) in [5, 5.41) is 0. The second kappa shape index (κ2) is 10.3. The summed E-state index contributed by atoms with van der Waals surface area (Å²) in [6, 6.07) is 15.4. The van der Waals surface area contributed by atoms with Gasteiger partial charge in [0.15, 0.2) is 6.29 Å². The van der Waals surface area contributed by atoms with Crippen molar-refractivity contribution in [2.45, 2.75) is 38.9 Å². The standard InChI is InChI=1S/C27H27F3O2/c1-2-3-19-16-31-26(32-17-19)13-6-18-4-7-20(8-5-18)22-14-24(29)27(25(30)15-22)21-9-11-23(28)12-10-21/h4-5,7-12,14-15,19,26H,2-3,6,13,16-17H2,1H3. The highest BCUT2D eigenvalue weighted by Gasteiger charge is 2.21. The number of benzene rings is 3. The van der Waals surface area contributed by atoms with Gasteiger partial charge in [-0.15, -0.1) is 0 Å². The minimum absolute atomic E-state index is 0.154. The molecule has 2 nitrogen and oxygen atoms in total. The Kier molecular flexibility index (Phi) is 7.28. The highest BCUT2D eigenvalue weighted by atomic mass is 19.1. The van der Waals surface area contributed by atoms with Gasteiger partial charge in [0.25, 0.3) is 0 Å². The summed E-state index contributed by atoms with van der Waals surface area (Å²) < 4.78 is 54.2. The maximum absolute atomic E-state index is 14.7. The Morgan fingerprint density at radius 2 is 1.34 bits per heavy atom. The molecule has 0 spiro atoms. The second-order valence-corrected chi connectivity index (χ2v) is 8.31. The van der Waals surface area contributed by atoms with Crippen molar-refractivity contribution in [3.8, 4) is 22.3 Å². The Balaban J connectivity index is 1.40. The van der Waals surface area contributed by atoms with E-state index in [9.17, 15) is 13.2 Å². The van der Waals surface area contributed by atoms with Crippen LogP contribution in [0, 0.1) is 23.4 Å². The average Bonchev–Trinajstić information content (AvgIpc) is 2.80. The molecule has 4 rings (SSSR count). The van der Waals surface area contributed by atoms with Crippen LogP contribution in [0.2, 0.25) is 0 Å². The summed E-state index contributed by atoms with van der Waals surface area (Å²) in [5.41, 5.74) is 2.44. The first kappa shape index (κ1) is 22.6. The van der Waals surface area contributed by atoms with E-state index in [4.69, 9.17) is 9.47 Å². The van der Waals surface area contributed by atoms with Crippen LogP contribution in [-0.2, 0) is 15.9 Å².